The first-order valence-electron chi connectivity index (χ1n) is 7.83. The van der Waals surface area contributed by atoms with Crippen molar-refractivity contribution in [3.63, 3.8) is 0 Å². The molecule has 0 aliphatic heterocycles. The number of aromatic nitrogens is 3. The lowest BCUT2D eigenvalue weighted by molar-refractivity contribution is -0.448. The van der Waals surface area contributed by atoms with Crippen LogP contribution in [0.1, 0.15) is 0 Å². The summed E-state index contributed by atoms with van der Waals surface area (Å²) in [6.07, 6.45) is 1.99. The van der Waals surface area contributed by atoms with Crippen LogP contribution < -0.4 is 4.40 Å². The van der Waals surface area contributed by atoms with Gasteiger partial charge in [-0.1, -0.05) is 12.1 Å². The van der Waals surface area contributed by atoms with E-state index in [9.17, 15) is 0 Å². The van der Waals surface area contributed by atoms with Crippen molar-refractivity contribution in [2.24, 2.45) is 0 Å². The number of H-pyrrole nitrogens is 1. The summed E-state index contributed by atoms with van der Waals surface area (Å²) < 4.78 is 2.40. The maximum Gasteiger partial charge on any atom is 0.245 e. The Balaban J connectivity index is 2.13. The molecule has 7 aromatic rings. The molecule has 5 aromatic heterocycles. The van der Waals surface area contributed by atoms with Gasteiger partial charge in [0, 0.05) is 23.7 Å². The number of aromatic amines is 1. The molecule has 0 amide bonds. The van der Waals surface area contributed by atoms with Crippen LogP contribution in [0, 0.1) is 0 Å². The summed E-state index contributed by atoms with van der Waals surface area (Å²) in [5.41, 5.74) is 7.26. The zero-order chi connectivity index (χ0) is 14.7. The van der Waals surface area contributed by atoms with Crippen molar-refractivity contribution in [1.82, 2.24) is 9.97 Å². The summed E-state index contributed by atoms with van der Waals surface area (Å²) in [7, 11) is 0. The van der Waals surface area contributed by atoms with E-state index in [4.69, 9.17) is 4.98 Å². The lowest BCUT2D eigenvalue weighted by atomic mass is 9.96. The van der Waals surface area contributed by atoms with Gasteiger partial charge in [0.05, 0.1) is 27.2 Å². The molecule has 0 unspecified atom stereocenters. The van der Waals surface area contributed by atoms with Gasteiger partial charge >= 0.3 is 0 Å². The molecule has 0 atom stereocenters. The van der Waals surface area contributed by atoms with Crippen LogP contribution in [-0.2, 0) is 0 Å². The highest BCUT2D eigenvalue weighted by Gasteiger charge is 2.27. The molecule has 23 heavy (non-hydrogen) atoms. The first-order chi connectivity index (χ1) is 11.4. The zero-order valence-electron chi connectivity index (χ0n) is 12.1. The summed E-state index contributed by atoms with van der Waals surface area (Å²) in [5.74, 6) is 0. The monoisotopic (exact) mass is 292 g/mol. The number of rotatable bonds is 0. The minimum atomic E-state index is 1.07. The van der Waals surface area contributed by atoms with E-state index in [-0.39, 0.29) is 0 Å². The van der Waals surface area contributed by atoms with Gasteiger partial charge < -0.3 is 4.98 Å². The van der Waals surface area contributed by atoms with Crippen molar-refractivity contribution >= 4 is 60.0 Å². The van der Waals surface area contributed by atoms with E-state index in [0.29, 0.717) is 0 Å². The van der Waals surface area contributed by atoms with Gasteiger partial charge in [0.1, 0.15) is 5.52 Å². The molecule has 3 nitrogen and oxygen atoms in total. The van der Waals surface area contributed by atoms with Crippen LogP contribution in [0.15, 0.2) is 54.7 Å². The fourth-order valence-corrected chi connectivity index (χ4v) is 4.42. The largest absolute Gasteiger partial charge is 0.349 e. The second-order valence-corrected chi connectivity index (χ2v) is 6.42. The lowest BCUT2D eigenvalue weighted by Gasteiger charge is -2.10. The minimum absolute atomic E-state index is 1.07. The van der Waals surface area contributed by atoms with E-state index in [2.05, 4.69) is 57.9 Å². The predicted molar refractivity (Wildman–Crippen MR) is 92.8 cm³/mol. The number of nitrogens with zero attached hydrogens (tertiary/aromatic N) is 2. The molecule has 1 N–H and O–H groups in total. The van der Waals surface area contributed by atoms with Crippen molar-refractivity contribution in [1.29, 1.82) is 0 Å². The van der Waals surface area contributed by atoms with Crippen molar-refractivity contribution in [2.45, 2.75) is 0 Å². The number of nitrogens with one attached hydrogen (secondary N) is 1. The van der Waals surface area contributed by atoms with E-state index in [0.717, 1.165) is 5.52 Å². The first-order valence-corrected chi connectivity index (χ1v) is 7.83. The Morgan fingerprint density at radius 3 is 2.52 bits per heavy atom. The van der Waals surface area contributed by atoms with Crippen LogP contribution in [0.25, 0.3) is 60.0 Å². The number of benzene rings is 2. The van der Waals surface area contributed by atoms with Gasteiger partial charge in [-0.3, -0.25) is 4.98 Å². The van der Waals surface area contributed by atoms with Crippen LogP contribution in [0.5, 0.6) is 0 Å². The molecule has 0 saturated heterocycles. The molecule has 5 heterocycles. The van der Waals surface area contributed by atoms with Crippen LogP contribution in [0.2, 0.25) is 0 Å². The summed E-state index contributed by atoms with van der Waals surface area (Å²) >= 11 is 0. The normalized spacial score (nSPS) is 13.2. The van der Waals surface area contributed by atoms with Crippen molar-refractivity contribution in [3.8, 4) is 0 Å². The molecule has 0 aliphatic carbocycles. The molecule has 104 valence electrons. The van der Waals surface area contributed by atoms with Crippen LogP contribution in [-0.4, -0.2) is 9.97 Å². The smallest absolute Gasteiger partial charge is 0.245 e. The topological polar surface area (TPSA) is 32.8 Å². The van der Waals surface area contributed by atoms with Crippen LogP contribution in [0.4, 0.5) is 0 Å². The SMILES string of the molecule is c1cc2ncc3ccc4ccc5[nH]c6ccc1c1c2c3[n+]4c5c61. The fourth-order valence-electron chi connectivity index (χ4n) is 4.42. The Hall–Kier alpha value is -3.20. The molecule has 0 bridgehead atoms. The quantitative estimate of drug-likeness (QED) is 0.253. The Bertz CT molecular complexity index is 1370. The fraction of sp³-hybridized carbons (Fsp3) is 0. The van der Waals surface area contributed by atoms with E-state index >= 15 is 0 Å². The van der Waals surface area contributed by atoms with Gasteiger partial charge in [-0.2, -0.15) is 4.40 Å². The third kappa shape index (κ3) is 0.974. The Labute approximate surface area is 129 Å². The maximum absolute atomic E-state index is 4.70. The van der Waals surface area contributed by atoms with Gasteiger partial charge in [-0.15, -0.1) is 0 Å². The van der Waals surface area contributed by atoms with Crippen LogP contribution in [0.3, 0.4) is 0 Å². The molecule has 0 fully saturated rings. The molecule has 7 rings (SSSR count). The van der Waals surface area contributed by atoms with Gasteiger partial charge in [-0.05, 0) is 29.7 Å². The third-order valence-electron chi connectivity index (χ3n) is 5.34. The van der Waals surface area contributed by atoms with E-state index in [1.54, 1.807) is 0 Å². The Kier molecular flexibility index (Phi) is 1.42. The highest BCUT2D eigenvalue weighted by molar-refractivity contribution is 6.31. The van der Waals surface area contributed by atoms with Crippen molar-refractivity contribution < 1.29 is 4.40 Å². The first kappa shape index (κ1) is 10.5. The van der Waals surface area contributed by atoms with Crippen molar-refractivity contribution in [2.75, 3.05) is 0 Å². The molecule has 0 spiro atoms. The molecular weight excluding hydrogens is 282 g/mol. The predicted octanol–water partition coefficient (Wildman–Crippen LogP) is 4.23. The highest BCUT2D eigenvalue weighted by Crippen LogP contribution is 2.40. The van der Waals surface area contributed by atoms with Crippen molar-refractivity contribution in [3.05, 3.63) is 54.7 Å². The second kappa shape index (κ2) is 3.10. The highest BCUT2D eigenvalue weighted by atomic mass is 14.9. The Morgan fingerprint density at radius 1 is 0.696 bits per heavy atom. The Morgan fingerprint density at radius 2 is 1.52 bits per heavy atom. The average Bonchev–Trinajstić information content (AvgIpc) is 2.99. The van der Waals surface area contributed by atoms with Gasteiger partial charge in [0.25, 0.3) is 0 Å². The number of hydrogen-bond donors (Lipinski definition) is 1. The summed E-state index contributed by atoms with van der Waals surface area (Å²) in [4.78, 5) is 8.29. The summed E-state index contributed by atoms with van der Waals surface area (Å²) in [5, 5.41) is 6.42. The molecular formula is C20H10N3+. The van der Waals surface area contributed by atoms with Crippen LogP contribution >= 0.6 is 0 Å². The zero-order valence-corrected chi connectivity index (χ0v) is 12.1. The maximum atomic E-state index is 4.70. The standard InChI is InChI=1S/C20H9N3/c1-4-12-5-8-15-20-18-14(22-15)7-3-10-2-6-13-17(16(10)18)19(23(12)20)11(1)9-21-13/h1-9H/p+1. The minimum Gasteiger partial charge on any atom is -0.349 e. The molecule has 2 aromatic carbocycles. The van der Waals surface area contributed by atoms with Gasteiger partial charge in [0.2, 0.25) is 16.6 Å². The summed E-state index contributed by atoms with van der Waals surface area (Å²) in [6.45, 7) is 0. The molecule has 3 heteroatoms. The molecule has 0 aliphatic rings. The van der Waals surface area contributed by atoms with E-state index in [1.165, 1.54) is 54.5 Å². The summed E-state index contributed by atoms with van der Waals surface area (Å²) in [6, 6.07) is 17.5. The van der Waals surface area contributed by atoms with E-state index in [1.807, 2.05) is 6.20 Å². The third-order valence-corrected chi connectivity index (χ3v) is 5.34. The van der Waals surface area contributed by atoms with Gasteiger partial charge in [-0.25, -0.2) is 0 Å². The van der Waals surface area contributed by atoms with E-state index < -0.39 is 0 Å². The number of hydrogen-bond acceptors (Lipinski definition) is 1. The molecule has 0 radical (unpaired) electrons. The molecule has 0 saturated carbocycles. The second-order valence-electron chi connectivity index (χ2n) is 6.42. The van der Waals surface area contributed by atoms with Gasteiger partial charge in [0.15, 0.2) is 0 Å². The number of pyridine rings is 4. The lowest BCUT2D eigenvalue weighted by Crippen LogP contribution is -2.25. The average molecular weight is 292 g/mol.